The van der Waals surface area contributed by atoms with E-state index in [0.29, 0.717) is 5.92 Å². The average molecular weight is 332 g/mol. The smallest absolute Gasteiger partial charge is 0.0702 e. The molecule has 0 amide bonds. The molecule has 3 rings (SSSR count). The van der Waals surface area contributed by atoms with Crippen molar-refractivity contribution in [2.75, 3.05) is 11.4 Å². The summed E-state index contributed by atoms with van der Waals surface area (Å²) in [7, 11) is 0. The van der Waals surface area contributed by atoms with Gasteiger partial charge in [0, 0.05) is 28.0 Å². The van der Waals surface area contributed by atoms with Crippen molar-refractivity contribution in [3.63, 3.8) is 0 Å². The van der Waals surface area contributed by atoms with Crippen molar-refractivity contribution in [3.8, 4) is 0 Å². The van der Waals surface area contributed by atoms with E-state index in [4.69, 9.17) is 0 Å². The van der Waals surface area contributed by atoms with Gasteiger partial charge in [0.15, 0.2) is 0 Å². The van der Waals surface area contributed by atoms with Crippen LogP contribution in [-0.2, 0) is 13.0 Å². The predicted octanol–water partition coefficient (Wildman–Crippen LogP) is 4.27. The van der Waals surface area contributed by atoms with Gasteiger partial charge in [0.05, 0.1) is 6.61 Å². The number of hydrogen-bond donors (Lipinski definition) is 1. The lowest BCUT2D eigenvalue weighted by Crippen LogP contribution is -2.31. The first-order valence-corrected chi connectivity index (χ1v) is 7.73. The van der Waals surface area contributed by atoms with Gasteiger partial charge in [-0.1, -0.05) is 47.1 Å². The van der Waals surface area contributed by atoms with Gasteiger partial charge < -0.3 is 10.0 Å². The van der Waals surface area contributed by atoms with Crippen molar-refractivity contribution in [1.29, 1.82) is 0 Å². The molecule has 1 N–H and O–H groups in total. The minimum Gasteiger partial charge on any atom is -0.392 e. The van der Waals surface area contributed by atoms with Crippen LogP contribution in [0.3, 0.4) is 0 Å². The van der Waals surface area contributed by atoms with Crippen molar-refractivity contribution < 1.29 is 5.11 Å². The third-order valence-electron chi connectivity index (χ3n) is 3.85. The van der Waals surface area contributed by atoms with Gasteiger partial charge in [-0.05, 0) is 36.1 Å². The van der Waals surface area contributed by atoms with Crippen molar-refractivity contribution in [2.45, 2.75) is 20.0 Å². The van der Waals surface area contributed by atoms with Gasteiger partial charge in [-0.2, -0.15) is 0 Å². The molecule has 0 saturated carbocycles. The van der Waals surface area contributed by atoms with Crippen LogP contribution in [-0.4, -0.2) is 11.7 Å². The Morgan fingerprint density at radius 3 is 2.80 bits per heavy atom. The Morgan fingerprint density at radius 1 is 1.20 bits per heavy atom. The Balaban J connectivity index is 2.13. The van der Waals surface area contributed by atoms with Crippen LogP contribution in [0.1, 0.15) is 18.1 Å². The van der Waals surface area contributed by atoms with Crippen molar-refractivity contribution in [1.82, 2.24) is 0 Å². The van der Waals surface area contributed by atoms with E-state index in [1.165, 1.54) is 11.3 Å². The maximum atomic E-state index is 9.61. The summed E-state index contributed by atoms with van der Waals surface area (Å²) in [4.78, 5) is 2.33. The van der Waals surface area contributed by atoms with Crippen molar-refractivity contribution in [3.05, 3.63) is 58.1 Å². The van der Waals surface area contributed by atoms with E-state index in [9.17, 15) is 5.11 Å². The molecule has 0 saturated heterocycles. The molecule has 1 aliphatic heterocycles. The lowest BCUT2D eigenvalue weighted by molar-refractivity contribution is 0.282. The number of anilines is 2. The summed E-state index contributed by atoms with van der Waals surface area (Å²) >= 11 is 3.54. The van der Waals surface area contributed by atoms with Crippen LogP contribution in [0, 0.1) is 5.92 Å². The zero-order valence-electron chi connectivity index (χ0n) is 11.5. The maximum absolute atomic E-state index is 9.61. The molecule has 2 aromatic rings. The van der Waals surface area contributed by atoms with Crippen molar-refractivity contribution >= 4 is 27.3 Å². The van der Waals surface area contributed by atoms with Gasteiger partial charge in [0.1, 0.15) is 0 Å². The maximum Gasteiger partial charge on any atom is 0.0702 e. The molecular weight excluding hydrogens is 314 g/mol. The number of fused-ring (bicyclic) bond motifs is 1. The topological polar surface area (TPSA) is 23.5 Å². The number of nitrogens with zero attached hydrogens (tertiary/aromatic N) is 1. The Kier molecular flexibility index (Phi) is 3.81. The Labute approximate surface area is 128 Å². The van der Waals surface area contributed by atoms with E-state index in [1.54, 1.807) is 0 Å². The number of hydrogen-bond acceptors (Lipinski definition) is 2. The molecule has 1 unspecified atom stereocenters. The highest BCUT2D eigenvalue weighted by atomic mass is 79.9. The lowest BCUT2D eigenvalue weighted by Gasteiger charge is -2.36. The average Bonchev–Trinajstić information content (AvgIpc) is 2.46. The highest BCUT2D eigenvalue weighted by Gasteiger charge is 2.24. The number of rotatable bonds is 2. The molecule has 1 aliphatic rings. The first-order valence-electron chi connectivity index (χ1n) is 6.93. The molecule has 20 heavy (non-hydrogen) atoms. The van der Waals surface area contributed by atoms with E-state index in [-0.39, 0.29) is 6.61 Å². The molecular formula is C17H18BrNO. The molecule has 3 heteroatoms. The predicted molar refractivity (Wildman–Crippen MR) is 86.4 cm³/mol. The second-order valence-corrected chi connectivity index (χ2v) is 6.40. The molecule has 1 atom stereocenters. The van der Waals surface area contributed by atoms with E-state index >= 15 is 0 Å². The van der Waals surface area contributed by atoms with Gasteiger partial charge >= 0.3 is 0 Å². The molecule has 0 spiro atoms. The molecule has 0 radical (unpaired) electrons. The number of aliphatic hydroxyl groups is 1. The van der Waals surface area contributed by atoms with E-state index < -0.39 is 0 Å². The van der Waals surface area contributed by atoms with E-state index in [0.717, 1.165) is 28.7 Å². The van der Waals surface area contributed by atoms with Gasteiger partial charge in [0.2, 0.25) is 0 Å². The van der Waals surface area contributed by atoms with Crippen LogP contribution in [0.5, 0.6) is 0 Å². The van der Waals surface area contributed by atoms with E-state index in [2.05, 4.69) is 58.1 Å². The highest BCUT2D eigenvalue weighted by molar-refractivity contribution is 9.10. The fourth-order valence-corrected chi connectivity index (χ4v) is 3.30. The highest BCUT2D eigenvalue weighted by Crippen LogP contribution is 2.37. The second-order valence-electron chi connectivity index (χ2n) is 5.48. The zero-order chi connectivity index (χ0) is 14.1. The second kappa shape index (κ2) is 5.58. The number of para-hydroxylation sites is 1. The fourth-order valence-electron chi connectivity index (χ4n) is 2.95. The minimum absolute atomic E-state index is 0.0651. The molecule has 0 fully saturated rings. The summed E-state index contributed by atoms with van der Waals surface area (Å²) < 4.78 is 1.04. The summed E-state index contributed by atoms with van der Waals surface area (Å²) in [5, 5.41) is 9.61. The molecule has 0 bridgehead atoms. The summed E-state index contributed by atoms with van der Waals surface area (Å²) in [6.45, 7) is 3.33. The van der Waals surface area contributed by atoms with Gasteiger partial charge in [-0.3, -0.25) is 0 Å². The number of halogens is 1. The summed E-state index contributed by atoms with van der Waals surface area (Å²) in [6.07, 6.45) is 1.12. The first kappa shape index (κ1) is 13.7. The normalized spacial score (nSPS) is 17.9. The quantitative estimate of drug-likeness (QED) is 0.888. The Bertz CT molecular complexity index is 626. The van der Waals surface area contributed by atoms with Crippen LogP contribution >= 0.6 is 15.9 Å². The molecule has 0 aliphatic carbocycles. The van der Waals surface area contributed by atoms with Crippen LogP contribution in [0.15, 0.2) is 46.9 Å². The molecule has 2 aromatic carbocycles. The molecule has 2 nitrogen and oxygen atoms in total. The standard InChI is InChI=1S/C17H18BrNO/c1-12-8-13-4-2-3-5-16(13)19(10-12)17-9-15(18)7-6-14(17)11-20/h2-7,9,12,20H,8,10-11H2,1H3. The van der Waals surface area contributed by atoms with Gasteiger partial charge in [0.25, 0.3) is 0 Å². The number of aliphatic hydroxyl groups excluding tert-OH is 1. The fraction of sp³-hybridized carbons (Fsp3) is 0.294. The Morgan fingerprint density at radius 2 is 2.00 bits per heavy atom. The summed E-state index contributed by atoms with van der Waals surface area (Å²) in [6, 6.07) is 14.6. The monoisotopic (exact) mass is 331 g/mol. The summed E-state index contributed by atoms with van der Waals surface area (Å²) in [5.41, 5.74) is 4.71. The molecule has 0 aromatic heterocycles. The lowest BCUT2D eigenvalue weighted by atomic mass is 9.93. The third kappa shape index (κ3) is 2.48. The van der Waals surface area contributed by atoms with Gasteiger partial charge in [-0.15, -0.1) is 0 Å². The van der Waals surface area contributed by atoms with Crippen LogP contribution in [0.2, 0.25) is 0 Å². The zero-order valence-corrected chi connectivity index (χ0v) is 13.1. The molecule has 104 valence electrons. The summed E-state index contributed by atoms with van der Waals surface area (Å²) in [5.74, 6) is 0.607. The van der Waals surface area contributed by atoms with Crippen LogP contribution in [0.25, 0.3) is 0 Å². The van der Waals surface area contributed by atoms with Crippen LogP contribution in [0.4, 0.5) is 11.4 Å². The largest absolute Gasteiger partial charge is 0.392 e. The third-order valence-corrected chi connectivity index (χ3v) is 4.35. The minimum atomic E-state index is 0.0651. The van der Waals surface area contributed by atoms with Gasteiger partial charge in [-0.25, -0.2) is 0 Å². The van der Waals surface area contributed by atoms with E-state index in [1.807, 2.05) is 12.1 Å². The first-order chi connectivity index (χ1) is 9.69. The Hall–Kier alpha value is -1.32. The van der Waals surface area contributed by atoms with Crippen LogP contribution < -0.4 is 4.90 Å². The number of benzene rings is 2. The SMILES string of the molecule is CC1Cc2ccccc2N(c2cc(Br)ccc2CO)C1. The van der Waals surface area contributed by atoms with Crippen molar-refractivity contribution in [2.24, 2.45) is 5.92 Å². The molecule has 1 heterocycles.